The maximum absolute atomic E-state index is 5.59. The Kier molecular flexibility index (Phi) is 1.75. The van der Waals surface area contributed by atoms with Crippen molar-refractivity contribution in [2.45, 2.75) is 25.7 Å². The Morgan fingerprint density at radius 3 is 2.67 bits per heavy atom. The zero-order valence-electron chi connectivity index (χ0n) is 5.89. The standard InChI is InChI=1S/C6H13NO2/c1-5-3-9-6(2,7)4-8-5/h5H,3-4,7H2,1-2H3. The second-order valence-electron chi connectivity index (χ2n) is 2.75. The van der Waals surface area contributed by atoms with Crippen LogP contribution in [0.3, 0.4) is 0 Å². The third-order valence-electron chi connectivity index (χ3n) is 1.30. The van der Waals surface area contributed by atoms with Crippen molar-refractivity contribution in [3.05, 3.63) is 0 Å². The van der Waals surface area contributed by atoms with Gasteiger partial charge in [0.2, 0.25) is 0 Å². The Labute approximate surface area is 55.1 Å². The lowest BCUT2D eigenvalue weighted by atomic mass is 10.2. The summed E-state index contributed by atoms with van der Waals surface area (Å²) in [6.45, 7) is 4.88. The fourth-order valence-corrected chi connectivity index (χ4v) is 0.705. The summed E-state index contributed by atoms with van der Waals surface area (Å²) >= 11 is 0. The van der Waals surface area contributed by atoms with E-state index in [0.29, 0.717) is 13.2 Å². The summed E-state index contributed by atoms with van der Waals surface area (Å²) in [6, 6.07) is 0. The Hall–Kier alpha value is -0.120. The van der Waals surface area contributed by atoms with E-state index in [1.807, 2.05) is 13.8 Å². The van der Waals surface area contributed by atoms with Gasteiger partial charge in [-0.1, -0.05) is 0 Å². The van der Waals surface area contributed by atoms with E-state index in [4.69, 9.17) is 15.2 Å². The van der Waals surface area contributed by atoms with Gasteiger partial charge in [-0.3, -0.25) is 0 Å². The molecule has 0 bridgehead atoms. The molecule has 0 aromatic rings. The van der Waals surface area contributed by atoms with Crippen molar-refractivity contribution in [3.63, 3.8) is 0 Å². The third-order valence-corrected chi connectivity index (χ3v) is 1.30. The Morgan fingerprint density at radius 1 is 1.67 bits per heavy atom. The molecule has 3 heteroatoms. The first-order valence-corrected chi connectivity index (χ1v) is 3.15. The number of nitrogens with two attached hydrogens (primary N) is 1. The van der Waals surface area contributed by atoms with Crippen LogP contribution in [0.4, 0.5) is 0 Å². The molecule has 0 radical (unpaired) electrons. The molecule has 0 aromatic carbocycles. The first-order chi connectivity index (χ1) is 4.10. The van der Waals surface area contributed by atoms with E-state index in [1.165, 1.54) is 0 Å². The molecule has 1 fully saturated rings. The molecular weight excluding hydrogens is 118 g/mol. The normalized spacial score (nSPS) is 45.0. The van der Waals surface area contributed by atoms with Crippen LogP contribution in [0, 0.1) is 0 Å². The van der Waals surface area contributed by atoms with Gasteiger partial charge in [0.05, 0.1) is 19.3 Å². The van der Waals surface area contributed by atoms with Crippen LogP contribution in [0.15, 0.2) is 0 Å². The SMILES string of the molecule is CC1COC(C)(N)CO1. The molecule has 2 N–H and O–H groups in total. The lowest BCUT2D eigenvalue weighted by Crippen LogP contribution is -2.50. The van der Waals surface area contributed by atoms with Crippen molar-refractivity contribution in [3.8, 4) is 0 Å². The average molecular weight is 131 g/mol. The predicted molar refractivity (Wildman–Crippen MR) is 34.0 cm³/mol. The smallest absolute Gasteiger partial charge is 0.137 e. The van der Waals surface area contributed by atoms with Crippen molar-refractivity contribution in [1.82, 2.24) is 0 Å². The van der Waals surface area contributed by atoms with Gasteiger partial charge in [-0.25, -0.2) is 0 Å². The molecule has 2 unspecified atom stereocenters. The van der Waals surface area contributed by atoms with Crippen LogP contribution >= 0.6 is 0 Å². The first kappa shape index (κ1) is 6.99. The average Bonchev–Trinajstić information content (AvgIpc) is 1.78. The van der Waals surface area contributed by atoms with Gasteiger partial charge < -0.3 is 15.2 Å². The van der Waals surface area contributed by atoms with Crippen molar-refractivity contribution < 1.29 is 9.47 Å². The van der Waals surface area contributed by atoms with Gasteiger partial charge in [-0.2, -0.15) is 0 Å². The van der Waals surface area contributed by atoms with Crippen LogP contribution in [0.2, 0.25) is 0 Å². The predicted octanol–water partition coefficient (Wildman–Crippen LogP) is 0.0966. The summed E-state index contributed by atoms with van der Waals surface area (Å²) in [4.78, 5) is 0. The fraction of sp³-hybridized carbons (Fsp3) is 1.00. The first-order valence-electron chi connectivity index (χ1n) is 3.15. The highest BCUT2D eigenvalue weighted by Gasteiger charge is 2.26. The van der Waals surface area contributed by atoms with E-state index in [-0.39, 0.29) is 6.10 Å². The molecule has 1 rings (SSSR count). The van der Waals surface area contributed by atoms with Crippen LogP contribution in [0.5, 0.6) is 0 Å². The fourth-order valence-electron chi connectivity index (χ4n) is 0.705. The maximum atomic E-state index is 5.59. The largest absolute Gasteiger partial charge is 0.372 e. The van der Waals surface area contributed by atoms with E-state index >= 15 is 0 Å². The van der Waals surface area contributed by atoms with Crippen molar-refractivity contribution in [2.75, 3.05) is 13.2 Å². The van der Waals surface area contributed by atoms with E-state index in [0.717, 1.165) is 0 Å². The minimum atomic E-state index is -0.563. The van der Waals surface area contributed by atoms with Gasteiger partial charge in [-0.05, 0) is 13.8 Å². The Morgan fingerprint density at radius 2 is 2.33 bits per heavy atom. The summed E-state index contributed by atoms with van der Waals surface area (Å²) in [6.07, 6.45) is 0.196. The van der Waals surface area contributed by atoms with Crippen LogP contribution in [-0.2, 0) is 9.47 Å². The number of hydrogen-bond acceptors (Lipinski definition) is 3. The van der Waals surface area contributed by atoms with Crippen molar-refractivity contribution >= 4 is 0 Å². The molecule has 1 heterocycles. The van der Waals surface area contributed by atoms with Crippen LogP contribution in [-0.4, -0.2) is 25.0 Å². The van der Waals surface area contributed by atoms with Gasteiger partial charge in [0.1, 0.15) is 5.72 Å². The molecular formula is C6H13NO2. The second kappa shape index (κ2) is 2.25. The third kappa shape index (κ3) is 1.93. The lowest BCUT2D eigenvalue weighted by Gasteiger charge is -2.32. The summed E-state index contributed by atoms with van der Waals surface area (Å²) in [5.74, 6) is 0. The van der Waals surface area contributed by atoms with Crippen LogP contribution in [0.1, 0.15) is 13.8 Å². The highest BCUT2D eigenvalue weighted by Crippen LogP contribution is 2.11. The van der Waals surface area contributed by atoms with Gasteiger partial charge in [-0.15, -0.1) is 0 Å². The number of rotatable bonds is 0. The Bertz CT molecular complexity index is 93.2. The highest BCUT2D eigenvalue weighted by molar-refractivity contribution is 4.71. The van der Waals surface area contributed by atoms with Gasteiger partial charge >= 0.3 is 0 Å². The molecule has 1 aliphatic heterocycles. The quantitative estimate of drug-likeness (QED) is 0.507. The van der Waals surface area contributed by atoms with Gasteiger partial charge in [0.25, 0.3) is 0 Å². The molecule has 0 aliphatic carbocycles. The van der Waals surface area contributed by atoms with Crippen molar-refractivity contribution in [2.24, 2.45) is 5.73 Å². The van der Waals surface area contributed by atoms with E-state index in [9.17, 15) is 0 Å². The number of ether oxygens (including phenoxy) is 2. The summed E-state index contributed by atoms with van der Waals surface area (Å²) in [5, 5.41) is 0. The van der Waals surface area contributed by atoms with Crippen LogP contribution in [0.25, 0.3) is 0 Å². The zero-order valence-corrected chi connectivity index (χ0v) is 5.89. The molecule has 9 heavy (non-hydrogen) atoms. The minimum Gasteiger partial charge on any atom is -0.372 e. The van der Waals surface area contributed by atoms with Gasteiger partial charge in [0, 0.05) is 0 Å². The monoisotopic (exact) mass is 131 g/mol. The van der Waals surface area contributed by atoms with Crippen LogP contribution < -0.4 is 5.73 Å². The lowest BCUT2D eigenvalue weighted by molar-refractivity contribution is -0.174. The topological polar surface area (TPSA) is 44.5 Å². The Balaban J connectivity index is 2.35. The van der Waals surface area contributed by atoms with E-state index in [1.54, 1.807) is 0 Å². The summed E-state index contributed by atoms with van der Waals surface area (Å²) < 4.78 is 10.5. The zero-order chi connectivity index (χ0) is 6.91. The summed E-state index contributed by atoms with van der Waals surface area (Å²) in [5.41, 5.74) is 5.03. The van der Waals surface area contributed by atoms with E-state index in [2.05, 4.69) is 0 Å². The number of hydrogen-bond donors (Lipinski definition) is 1. The maximum Gasteiger partial charge on any atom is 0.137 e. The minimum absolute atomic E-state index is 0.196. The molecule has 0 saturated carbocycles. The molecule has 1 saturated heterocycles. The molecule has 1 aliphatic rings. The van der Waals surface area contributed by atoms with Gasteiger partial charge in [0.15, 0.2) is 0 Å². The van der Waals surface area contributed by atoms with E-state index < -0.39 is 5.72 Å². The molecule has 0 spiro atoms. The summed E-state index contributed by atoms with van der Waals surface area (Å²) in [7, 11) is 0. The molecule has 0 amide bonds. The highest BCUT2D eigenvalue weighted by atomic mass is 16.6. The molecule has 0 aromatic heterocycles. The van der Waals surface area contributed by atoms with Crippen molar-refractivity contribution in [1.29, 1.82) is 0 Å². The second-order valence-corrected chi connectivity index (χ2v) is 2.75. The molecule has 54 valence electrons. The molecule has 3 nitrogen and oxygen atoms in total. The molecule has 2 atom stereocenters.